The Hall–Kier alpha value is -1.42. The molecule has 2 aliphatic rings. The Morgan fingerprint density at radius 2 is 2.00 bits per heavy atom. The van der Waals surface area contributed by atoms with Gasteiger partial charge in [-0.15, -0.1) is 0 Å². The third-order valence-electron chi connectivity index (χ3n) is 4.83. The van der Waals surface area contributed by atoms with Crippen LogP contribution in [0.5, 0.6) is 0 Å². The number of likely N-dealkylation sites (N-methyl/N-ethyl adjacent to an activating group) is 1. The van der Waals surface area contributed by atoms with Crippen molar-refractivity contribution in [2.24, 2.45) is 0 Å². The number of carbonyl (C=O) groups excluding carboxylic acids is 1. The Morgan fingerprint density at radius 3 is 2.75 bits per heavy atom. The number of hydrogen-bond donors (Lipinski definition) is 0. The Labute approximate surface area is 119 Å². The molecule has 0 aromatic heterocycles. The van der Waals surface area contributed by atoms with Crippen molar-refractivity contribution in [3.05, 3.63) is 29.6 Å². The highest BCUT2D eigenvalue weighted by Gasteiger charge is 2.35. The molecule has 0 spiro atoms. The van der Waals surface area contributed by atoms with Gasteiger partial charge < -0.3 is 4.90 Å². The van der Waals surface area contributed by atoms with E-state index in [2.05, 4.69) is 16.8 Å². The summed E-state index contributed by atoms with van der Waals surface area (Å²) in [6.45, 7) is 3.15. The molecule has 0 N–H and O–H groups in total. The van der Waals surface area contributed by atoms with Crippen LogP contribution >= 0.6 is 0 Å². The van der Waals surface area contributed by atoms with Crippen LogP contribution in [0.15, 0.2) is 18.2 Å². The number of ketones is 1. The van der Waals surface area contributed by atoms with Crippen LogP contribution in [0.1, 0.15) is 36.5 Å². The predicted molar refractivity (Wildman–Crippen MR) is 77.8 cm³/mol. The van der Waals surface area contributed by atoms with Crippen molar-refractivity contribution in [2.45, 2.75) is 38.3 Å². The summed E-state index contributed by atoms with van der Waals surface area (Å²) in [5.74, 6) is -0.347. The van der Waals surface area contributed by atoms with Crippen molar-refractivity contribution >= 4 is 11.5 Å². The van der Waals surface area contributed by atoms with Gasteiger partial charge in [0, 0.05) is 30.7 Å². The molecule has 1 aromatic carbocycles. The monoisotopic (exact) mass is 276 g/mol. The van der Waals surface area contributed by atoms with Crippen molar-refractivity contribution in [1.82, 2.24) is 4.90 Å². The molecule has 2 heterocycles. The summed E-state index contributed by atoms with van der Waals surface area (Å²) < 4.78 is 14.3. The normalized spacial score (nSPS) is 26.6. The molecule has 108 valence electrons. The maximum absolute atomic E-state index is 14.3. The molecule has 2 atom stereocenters. The van der Waals surface area contributed by atoms with Crippen molar-refractivity contribution in [3.63, 3.8) is 0 Å². The van der Waals surface area contributed by atoms with Crippen LogP contribution in [0.4, 0.5) is 10.1 Å². The van der Waals surface area contributed by atoms with Crippen molar-refractivity contribution in [1.29, 1.82) is 0 Å². The zero-order valence-corrected chi connectivity index (χ0v) is 12.1. The minimum atomic E-state index is -0.280. The molecule has 0 saturated carbocycles. The zero-order chi connectivity index (χ0) is 14.3. The number of hydrogen-bond acceptors (Lipinski definition) is 3. The smallest absolute Gasteiger partial charge is 0.161 e. The quantitative estimate of drug-likeness (QED) is 0.776. The average molecular weight is 276 g/mol. The SMILES string of the molecule is CC(=O)c1cccc(F)c1N1CCC2CCC(C1)N2C. The summed E-state index contributed by atoms with van der Waals surface area (Å²) in [4.78, 5) is 16.3. The van der Waals surface area contributed by atoms with Gasteiger partial charge >= 0.3 is 0 Å². The molecule has 2 unspecified atom stereocenters. The minimum absolute atomic E-state index is 0.0674. The van der Waals surface area contributed by atoms with Crippen LogP contribution in [0.3, 0.4) is 0 Å². The minimum Gasteiger partial charge on any atom is -0.367 e. The molecule has 2 fully saturated rings. The van der Waals surface area contributed by atoms with E-state index in [1.165, 1.54) is 25.8 Å². The summed E-state index contributed by atoms with van der Waals surface area (Å²) in [6, 6.07) is 5.88. The second-order valence-corrected chi connectivity index (χ2v) is 5.98. The summed E-state index contributed by atoms with van der Waals surface area (Å²) in [6.07, 6.45) is 3.45. The third-order valence-corrected chi connectivity index (χ3v) is 4.83. The van der Waals surface area contributed by atoms with Gasteiger partial charge in [-0.3, -0.25) is 9.69 Å². The van der Waals surface area contributed by atoms with Crippen molar-refractivity contribution < 1.29 is 9.18 Å². The fourth-order valence-corrected chi connectivity index (χ4v) is 3.63. The summed E-state index contributed by atoms with van der Waals surface area (Å²) >= 11 is 0. The molecule has 2 aliphatic heterocycles. The number of anilines is 1. The Balaban J connectivity index is 1.95. The van der Waals surface area contributed by atoms with Crippen molar-refractivity contribution in [3.8, 4) is 0 Å². The fraction of sp³-hybridized carbons (Fsp3) is 0.562. The van der Waals surface area contributed by atoms with E-state index in [-0.39, 0.29) is 11.6 Å². The number of rotatable bonds is 2. The lowest BCUT2D eigenvalue weighted by atomic mass is 10.0. The second kappa shape index (κ2) is 5.17. The third kappa shape index (κ3) is 2.22. The molecule has 3 rings (SSSR count). The first-order chi connectivity index (χ1) is 9.58. The lowest BCUT2D eigenvalue weighted by Gasteiger charge is -2.29. The van der Waals surface area contributed by atoms with Gasteiger partial charge in [0.2, 0.25) is 0 Å². The molecule has 0 aliphatic carbocycles. The fourth-order valence-electron chi connectivity index (χ4n) is 3.63. The number of carbonyl (C=O) groups is 1. The van der Waals surface area contributed by atoms with E-state index in [1.54, 1.807) is 12.1 Å². The summed E-state index contributed by atoms with van der Waals surface area (Å²) in [7, 11) is 2.17. The topological polar surface area (TPSA) is 23.6 Å². The lowest BCUT2D eigenvalue weighted by Crippen LogP contribution is -2.37. The largest absolute Gasteiger partial charge is 0.367 e. The van der Waals surface area contributed by atoms with Gasteiger partial charge in [0.1, 0.15) is 5.82 Å². The Morgan fingerprint density at radius 1 is 1.25 bits per heavy atom. The van der Waals surface area contributed by atoms with Gasteiger partial charge in [-0.05, 0) is 45.4 Å². The summed E-state index contributed by atoms with van der Waals surface area (Å²) in [5, 5.41) is 0. The van der Waals surface area contributed by atoms with E-state index in [9.17, 15) is 9.18 Å². The van der Waals surface area contributed by atoms with Crippen LogP contribution in [-0.2, 0) is 0 Å². The second-order valence-electron chi connectivity index (χ2n) is 5.98. The van der Waals surface area contributed by atoms with Gasteiger partial charge in [-0.2, -0.15) is 0 Å². The molecule has 3 nitrogen and oxygen atoms in total. The maximum atomic E-state index is 14.3. The Bertz CT molecular complexity index is 531. The van der Waals surface area contributed by atoms with Gasteiger partial charge in [-0.1, -0.05) is 6.07 Å². The molecular weight excluding hydrogens is 255 g/mol. The molecule has 1 aromatic rings. The first-order valence-electron chi connectivity index (χ1n) is 7.34. The van der Waals surface area contributed by atoms with Gasteiger partial charge in [-0.25, -0.2) is 4.39 Å². The number of Topliss-reactive ketones (excluding diaryl/α,β-unsaturated/α-hetero) is 1. The van der Waals surface area contributed by atoms with E-state index in [1.807, 2.05) is 0 Å². The first kappa shape index (κ1) is 13.6. The molecule has 2 bridgehead atoms. The van der Waals surface area contributed by atoms with Crippen LogP contribution in [0, 0.1) is 5.82 Å². The Kier molecular flexibility index (Phi) is 3.50. The molecule has 4 heteroatoms. The predicted octanol–water partition coefficient (Wildman–Crippen LogP) is 2.70. The van der Waals surface area contributed by atoms with Crippen molar-refractivity contribution in [2.75, 3.05) is 25.0 Å². The number of benzene rings is 1. The lowest BCUT2D eigenvalue weighted by molar-refractivity contribution is 0.101. The number of para-hydroxylation sites is 1. The standard InChI is InChI=1S/C16H21FN2O/c1-11(20)14-4-3-5-15(17)16(14)19-9-8-12-6-7-13(10-19)18(12)2/h3-5,12-13H,6-10H2,1-2H3. The van der Waals surface area contributed by atoms with Crippen LogP contribution in [0.25, 0.3) is 0 Å². The van der Waals surface area contributed by atoms with E-state index < -0.39 is 0 Å². The molecular formula is C16H21FN2O. The zero-order valence-electron chi connectivity index (χ0n) is 12.1. The van der Waals surface area contributed by atoms with Crippen LogP contribution < -0.4 is 4.90 Å². The molecule has 2 saturated heterocycles. The number of halogens is 1. The van der Waals surface area contributed by atoms with E-state index in [0.29, 0.717) is 23.3 Å². The van der Waals surface area contributed by atoms with Gasteiger partial charge in [0.25, 0.3) is 0 Å². The average Bonchev–Trinajstić information content (AvgIpc) is 2.64. The van der Waals surface area contributed by atoms with Crippen LogP contribution in [0.2, 0.25) is 0 Å². The van der Waals surface area contributed by atoms with E-state index in [0.717, 1.165) is 19.5 Å². The highest BCUT2D eigenvalue weighted by atomic mass is 19.1. The number of fused-ring (bicyclic) bond motifs is 2. The van der Waals surface area contributed by atoms with Gasteiger partial charge in [0.15, 0.2) is 5.78 Å². The maximum Gasteiger partial charge on any atom is 0.161 e. The highest BCUT2D eigenvalue weighted by Crippen LogP contribution is 2.33. The highest BCUT2D eigenvalue weighted by molar-refractivity contribution is 5.99. The summed E-state index contributed by atoms with van der Waals surface area (Å²) in [5.41, 5.74) is 1.01. The molecule has 0 radical (unpaired) electrons. The van der Waals surface area contributed by atoms with E-state index in [4.69, 9.17) is 0 Å². The molecule has 20 heavy (non-hydrogen) atoms. The van der Waals surface area contributed by atoms with Gasteiger partial charge in [0.05, 0.1) is 5.69 Å². The van der Waals surface area contributed by atoms with Crippen LogP contribution in [-0.4, -0.2) is 42.9 Å². The number of nitrogens with zero attached hydrogens (tertiary/aromatic N) is 2. The molecule has 0 amide bonds. The van der Waals surface area contributed by atoms with E-state index >= 15 is 0 Å². The first-order valence-corrected chi connectivity index (χ1v) is 7.34.